The zero-order valence-corrected chi connectivity index (χ0v) is 12.0. The Morgan fingerprint density at radius 2 is 1.88 bits per heavy atom. The SMILES string of the molecule is CC1(C)OC2COC(O)(C#C[Si](C)(C)C)C2O1. The Hall–Kier alpha value is -0.383. The third-order valence-corrected chi connectivity index (χ3v) is 3.53. The summed E-state index contributed by atoms with van der Waals surface area (Å²) in [5.41, 5.74) is 3.12. The second kappa shape index (κ2) is 3.80. The maximum atomic E-state index is 10.4. The zero-order valence-electron chi connectivity index (χ0n) is 11.0. The molecule has 5 heteroatoms. The average Bonchev–Trinajstić information content (AvgIpc) is 2.59. The van der Waals surface area contributed by atoms with E-state index in [4.69, 9.17) is 14.2 Å². The molecule has 0 spiro atoms. The van der Waals surface area contributed by atoms with Crippen molar-refractivity contribution in [1.82, 2.24) is 0 Å². The minimum Gasteiger partial charge on any atom is -0.354 e. The van der Waals surface area contributed by atoms with Crippen LogP contribution in [0.15, 0.2) is 0 Å². The molecule has 2 rings (SSSR count). The molecule has 4 nitrogen and oxygen atoms in total. The van der Waals surface area contributed by atoms with Gasteiger partial charge in [0.25, 0.3) is 5.79 Å². The number of fused-ring (bicyclic) bond motifs is 1. The Balaban J connectivity index is 2.19. The van der Waals surface area contributed by atoms with E-state index < -0.39 is 25.8 Å². The van der Waals surface area contributed by atoms with Gasteiger partial charge in [-0.1, -0.05) is 19.6 Å². The van der Waals surface area contributed by atoms with Crippen LogP contribution in [0, 0.1) is 11.5 Å². The Bertz CT molecular complexity index is 376. The van der Waals surface area contributed by atoms with Crippen LogP contribution < -0.4 is 0 Å². The van der Waals surface area contributed by atoms with Crippen molar-refractivity contribution < 1.29 is 19.3 Å². The lowest BCUT2D eigenvalue weighted by molar-refractivity contribution is -0.233. The second-order valence-electron chi connectivity index (χ2n) is 6.10. The molecule has 3 unspecified atom stereocenters. The van der Waals surface area contributed by atoms with Crippen molar-refractivity contribution in [3.63, 3.8) is 0 Å². The summed E-state index contributed by atoms with van der Waals surface area (Å²) < 4.78 is 16.7. The van der Waals surface area contributed by atoms with Crippen LogP contribution in [0.25, 0.3) is 0 Å². The molecule has 17 heavy (non-hydrogen) atoms. The Labute approximate surface area is 103 Å². The lowest BCUT2D eigenvalue weighted by Gasteiger charge is -2.24. The van der Waals surface area contributed by atoms with Crippen LogP contribution in [0.2, 0.25) is 19.6 Å². The summed E-state index contributed by atoms with van der Waals surface area (Å²) in [4.78, 5) is 0. The Kier molecular flexibility index (Phi) is 2.92. The van der Waals surface area contributed by atoms with Crippen LogP contribution in [-0.2, 0) is 14.2 Å². The molecule has 2 heterocycles. The molecule has 0 amide bonds. The van der Waals surface area contributed by atoms with E-state index in [-0.39, 0.29) is 6.10 Å². The number of rotatable bonds is 0. The number of hydrogen-bond donors (Lipinski definition) is 1. The molecule has 1 N–H and O–H groups in total. The molecule has 0 aromatic rings. The van der Waals surface area contributed by atoms with Crippen LogP contribution in [0.3, 0.4) is 0 Å². The quantitative estimate of drug-likeness (QED) is 0.521. The van der Waals surface area contributed by atoms with Gasteiger partial charge in [-0.05, 0) is 19.8 Å². The minimum absolute atomic E-state index is 0.231. The highest BCUT2D eigenvalue weighted by molar-refractivity contribution is 6.83. The summed E-state index contributed by atoms with van der Waals surface area (Å²) in [5.74, 6) is 0.659. The molecule has 0 saturated carbocycles. The van der Waals surface area contributed by atoms with Gasteiger partial charge in [0, 0.05) is 0 Å². The van der Waals surface area contributed by atoms with Gasteiger partial charge in [-0.25, -0.2) is 0 Å². The predicted octanol–water partition coefficient (Wildman–Crippen LogP) is 1.11. The average molecular weight is 256 g/mol. The molecule has 2 fully saturated rings. The molecule has 0 radical (unpaired) electrons. The van der Waals surface area contributed by atoms with E-state index in [1.807, 2.05) is 13.8 Å². The molecule has 0 aromatic heterocycles. The first-order chi connectivity index (χ1) is 7.61. The third-order valence-electron chi connectivity index (χ3n) is 2.65. The molecule has 0 bridgehead atoms. The van der Waals surface area contributed by atoms with Crippen molar-refractivity contribution >= 4 is 8.07 Å². The number of hydrogen-bond acceptors (Lipinski definition) is 4. The van der Waals surface area contributed by atoms with Gasteiger partial charge in [0.05, 0.1) is 6.61 Å². The van der Waals surface area contributed by atoms with Crippen molar-refractivity contribution in [2.75, 3.05) is 6.61 Å². The molecular weight excluding hydrogens is 236 g/mol. The fraction of sp³-hybridized carbons (Fsp3) is 0.833. The van der Waals surface area contributed by atoms with E-state index in [0.29, 0.717) is 6.61 Å². The zero-order chi connectivity index (χ0) is 12.9. The van der Waals surface area contributed by atoms with Gasteiger partial charge in [-0.2, -0.15) is 0 Å². The summed E-state index contributed by atoms with van der Waals surface area (Å²) in [5, 5.41) is 10.4. The van der Waals surface area contributed by atoms with E-state index in [0.717, 1.165) is 0 Å². The second-order valence-corrected chi connectivity index (χ2v) is 10.9. The van der Waals surface area contributed by atoms with Crippen LogP contribution in [0.5, 0.6) is 0 Å². The smallest absolute Gasteiger partial charge is 0.260 e. The van der Waals surface area contributed by atoms with E-state index in [1.165, 1.54) is 0 Å². The van der Waals surface area contributed by atoms with Gasteiger partial charge in [0.15, 0.2) is 11.9 Å². The highest BCUT2D eigenvalue weighted by Gasteiger charge is 2.57. The lowest BCUT2D eigenvalue weighted by atomic mass is 10.1. The summed E-state index contributed by atoms with van der Waals surface area (Å²) in [6, 6.07) is 0. The highest BCUT2D eigenvalue weighted by atomic mass is 28.3. The topological polar surface area (TPSA) is 47.9 Å². The third kappa shape index (κ3) is 2.72. The summed E-state index contributed by atoms with van der Waals surface area (Å²) >= 11 is 0. The van der Waals surface area contributed by atoms with Crippen molar-refractivity contribution in [2.45, 2.75) is 57.3 Å². The molecule has 0 aromatic carbocycles. The van der Waals surface area contributed by atoms with Crippen LogP contribution in [0.4, 0.5) is 0 Å². The summed E-state index contributed by atoms with van der Waals surface area (Å²) in [6.45, 7) is 10.3. The van der Waals surface area contributed by atoms with Gasteiger partial charge in [0.2, 0.25) is 0 Å². The highest BCUT2D eigenvalue weighted by Crippen LogP contribution is 2.39. The van der Waals surface area contributed by atoms with Crippen molar-refractivity contribution in [3.8, 4) is 11.5 Å². The number of aliphatic hydroxyl groups is 1. The van der Waals surface area contributed by atoms with Gasteiger partial charge in [0.1, 0.15) is 14.2 Å². The fourth-order valence-electron chi connectivity index (χ4n) is 1.96. The Morgan fingerprint density at radius 1 is 1.24 bits per heavy atom. The predicted molar refractivity (Wildman–Crippen MR) is 65.8 cm³/mol. The van der Waals surface area contributed by atoms with Crippen molar-refractivity contribution in [3.05, 3.63) is 0 Å². The van der Waals surface area contributed by atoms with Crippen molar-refractivity contribution in [2.24, 2.45) is 0 Å². The maximum absolute atomic E-state index is 10.4. The first-order valence-electron chi connectivity index (χ1n) is 5.88. The standard InChI is InChI=1S/C12H20O4Si/c1-11(2)15-9-8-14-12(13,10(9)16-11)6-7-17(3,4)5/h9-10,13H,8H2,1-5H3. The van der Waals surface area contributed by atoms with Gasteiger partial charge < -0.3 is 19.3 Å². The fourth-order valence-corrected chi connectivity index (χ4v) is 2.52. The lowest BCUT2D eigenvalue weighted by Crippen LogP contribution is -2.42. The van der Waals surface area contributed by atoms with Gasteiger partial charge in [-0.15, -0.1) is 5.54 Å². The largest absolute Gasteiger partial charge is 0.354 e. The first-order valence-corrected chi connectivity index (χ1v) is 9.38. The van der Waals surface area contributed by atoms with E-state index in [2.05, 4.69) is 31.1 Å². The summed E-state index contributed by atoms with van der Waals surface area (Å²) in [6.07, 6.45) is -0.743. The van der Waals surface area contributed by atoms with E-state index >= 15 is 0 Å². The minimum atomic E-state index is -1.55. The molecule has 2 aliphatic rings. The molecule has 0 aliphatic carbocycles. The number of ether oxygens (including phenoxy) is 3. The van der Waals surface area contributed by atoms with Gasteiger partial charge in [-0.3, -0.25) is 0 Å². The molecule has 3 atom stereocenters. The molecule has 2 aliphatic heterocycles. The van der Waals surface area contributed by atoms with E-state index in [1.54, 1.807) is 0 Å². The van der Waals surface area contributed by atoms with E-state index in [9.17, 15) is 5.11 Å². The van der Waals surface area contributed by atoms with Crippen LogP contribution >= 0.6 is 0 Å². The first kappa shape index (κ1) is 13.1. The molecule has 96 valence electrons. The van der Waals surface area contributed by atoms with Crippen LogP contribution in [0.1, 0.15) is 13.8 Å². The molecular formula is C12H20O4Si. The normalized spacial score (nSPS) is 39.6. The maximum Gasteiger partial charge on any atom is 0.260 e. The van der Waals surface area contributed by atoms with Crippen molar-refractivity contribution in [1.29, 1.82) is 0 Å². The summed E-state index contributed by atoms with van der Waals surface area (Å²) in [7, 11) is -1.55. The van der Waals surface area contributed by atoms with Gasteiger partial charge >= 0.3 is 0 Å². The Morgan fingerprint density at radius 3 is 2.47 bits per heavy atom. The monoisotopic (exact) mass is 256 g/mol. The van der Waals surface area contributed by atoms with Crippen LogP contribution in [-0.4, -0.2) is 43.6 Å². The molecule has 2 saturated heterocycles.